The number of hydrogen-bond donors (Lipinski definition) is 3. The van der Waals surface area contributed by atoms with Crippen molar-refractivity contribution in [1.29, 1.82) is 5.26 Å². The molecule has 1 atom stereocenters. The number of carbonyl (C=O) groups excluding carboxylic acids is 1. The molecule has 1 amide bonds. The average Bonchev–Trinajstić information content (AvgIpc) is 3.12. The van der Waals surface area contributed by atoms with Gasteiger partial charge in [-0.25, -0.2) is 13.9 Å². The Balaban J connectivity index is 1.79. The van der Waals surface area contributed by atoms with E-state index in [1.165, 1.54) is 6.08 Å². The van der Waals surface area contributed by atoms with Crippen LogP contribution in [0.1, 0.15) is 11.1 Å². The highest BCUT2D eigenvalue weighted by Crippen LogP contribution is 2.19. The minimum atomic E-state index is -1.36. The minimum Gasteiger partial charge on any atom is -0.347 e. The van der Waals surface area contributed by atoms with Gasteiger partial charge in [-0.1, -0.05) is 18.2 Å². The summed E-state index contributed by atoms with van der Waals surface area (Å²) in [6.45, 7) is 0.164. The van der Waals surface area contributed by atoms with Gasteiger partial charge in [-0.3, -0.25) is 4.79 Å². The number of pyridine rings is 1. The second-order valence-corrected chi connectivity index (χ2v) is 6.96. The SMILES string of the molecule is CNS(=O)c1ccccc1CNC(=O)/C(C#N)=C/c1c[nH]c2ncccc12. The second-order valence-electron chi connectivity index (χ2n) is 5.58. The zero-order chi connectivity index (χ0) is 19.2. The third-order valence-electron chi connectivity index (χ3n) is 3.95. The topological polar surface area (TPSA) is 111 Å². The van der Waals surface area contributed by atoms with Crippen molar-refractivity contribution in [3.05, 3.63) is 65.5 Å². The van der Waals surface area contributed by atoms with E-state index in [2.05, 4.69) is 20.0 Å². The van der Waals surface area contributed by atoms with Crippen LogP contribution in [-0.4, -0.2) is 27.1 Å². The number of H-pyrrole nitrogens is 1. The lowest BCUT2D eigenvalue weighted by atomic mass is 10.1. The zero-order valence-electron chi connectivity index (χ0n) is 14.5. The Morgan fingerprint density at radius 3 is 2.93 bits per heavy atom. The number of nitrogens with one attached hydrogen (secondary N) is 3. The van der Waals surface area contributed by atoms with Crippen LogP contribution in [0.4, 0.5) is 0 Å². The van der Waals surface area contributed by atoms with Crippen LogP contribution in [0.3, 0.4) is 0 Å². The molecule has 0 aliphatic carbocycles. The van der Waals surface area contributed by atoms with E-state index in [1.807, 2.05) is 12.1 Å². The van der Waals surface area contributed by atoms with E-state index in [0.717, 1.165) is 5.39 Å². The summed E-state index contributed by atoms with van der Waals surface area (Å²) in [6, 6.07) is 12.7. The predicted octanol–water partition coefficient (Wildman–Crippen LogP) is 2.03. The van der Waals surface area contributed by atoms with Crippen molar-refractivity contribution in [3.8, 4) is 6.07 Å². The van der Waals surface area contributed by atoms with Crippen molar-refractivity contribution >= 4 is 34.0 Å². The number of amides is 1. The van der Waals surface area contributed by atoms with Crippen LogP contribution >= 0.6 is 0 Å². The summed E-state index contributed by atoms with van der Waals surface area (Å²) in [4.78, 5) is 20.2. The van der Waals surface area contributed by atoms with Gasteiger partial charge in [0, 0.05) is 29.9 Å². The van der Waals surface area contributed by atoms with Crippen LogP contribution in [0.5, 0.6) is 0 Å². The molecule has 0 saturated heterocycles. The summed E-state index contributed by atoms with van der Waals surface area (Å²) in [5.74, 6) is -0.499. The normalized spacial score (nSPS) is 12.5. The number of hydrogen-bond acceptors (Lipinski definition) is 4. The molecule has 0 aliphatic heterocycles. The first-order valence-corrected chi connectivity index (χ1v) is 9.28. The number of rotatable bonds is 6. The fraction of sp³-hybridized carbons (Fsp3) is 0.105. The van der Waals surface area contributed by atoms with Gasteiger partial charge in [0.25, 0.3) is 5.91 Å². The number of aromatic amines is 1. The van der Waals surface area contributed by atoms with Gasteiger partial charge in [0.1, 0.15) is 28.3 Å². The van der Waals surface area contributed by atoms with Crippen LogP contribution in [-0.2, 0) is 22.3 Å². The molecule has 2 heterocycles. The van der Waals surface area contributed by atoms with Gasteiger partial charge in [-0.2, -0.15) is 5.26 Å². The first kappa shape index (κ1) is 18.5. The lowest BCUT2D eigenvalue weighted by Crippen LogP contribution is -2.25. The van der Waals surface area contributed by atoms with Crippen molar-refractivity contribution in [2.45, 2.75) is 11.4 Å². The molecule has 0 fully saturated rings. The van der Waals surface area contributed by atoms with Crippen molar-refractivity contribution < 1.29 is 9.00 Å². The van der Waals surface area contributed by atoms with E-state index in [0.29, 0.717) is 21.7 Å². The van der Waals surface area contributed by atoms with E-state index < -0.39 is 16.9 Å². The van der Waals surface area contributed by atoms with Gasteiger partial charge in [-0.15, -0.1) is 0 Å². The minimum absolute atomic E-state index is 0.0213. The number of nitriles is 1. The summed E-state index contributed by atoms with van der Waals surface area (Å²) in [5, 5.41) is 12.9. The third-order valence-corrected chi connectivity index (χ3v) is 5.11. The quantitative estimate of drug-likeness (QED) is 0.449. The number of benzene rings is 1. The molecule has 0 bridgehead atoms. The zero-order valence-corrected chi connectivity index (χ0v) is 15.3. The highest BCUT2D eigenvalue weighted by atomic mass is 32.2. The molecule has 0 aliphatic rings. The summed E-state index contributed by atoms with van der Waals surface area (Å²) < 4.78 is 14.7. The molecule has 1 unspecified atom stereocenters. The molecule has 3 aromatic rings. The van der Waals surface area contributed by atoms with Crippen LogP contribution in [0.2, 0.25) is 0 Å². The Hall–Kier alpha value is -3.28. The summed E-state index contributed by atoms with van der Waals surface area (Å²) >= 11 is 0. The third kappa shape index (κ3) is 4.11. The smallest absolute Gasteiger partial charge is 0.262 e. The largest absolute Gasteiger partial charge is 0.347 e. The van der Waals surface area contributed by atoms with Gasteiger partial charge >= 0.3 is 0 Å². The molecule has 8 heteroatoms. The number of nitrogens with zero attached hydrogens (tertiary/aromatic N) is 2. The number of fused-ring (bicyclic) bond motifs is 1. The maximum atomic E-state index is 12.4. The highest BCUT2D eigenvalue weighted by Gasteiger charge is 2.13. The first-order valence-electron chi connectivity index (χ1n) is 8.13. The average molecular weight is 379 g/mol. The summed E-state index contributed by atoms with van der Waals surface area (Å²) in [6.07, 6.45) is 4.89. The van der Waals surface area contributed by atoms with Gasteiger partial charge in [0.2, 0.25) is 0 Å². The molecule has 3 N–H and O–H groups in total. The molecule has 3 rings (SSSR count). The summed E-state index contributed by atoms with van der Waals surface area (Å²) in [5.41, 5.74) is 2.09. The van der Waals surface area contributed by atoms with Gasteiger partial charge < -0.3 is 10.3 Å². The Morgan fingerprint density at radius 1 is 1.33 bits per heavy atom. The van der Waals surface area contributed by atoms with Crippen LogP contribution in [0, 0.1) is 11.3 Å². The number of aromatic nitrogens is 2. The van der Waals surface area contributed by atoms with Gasteiger partial charge in [0.15, 0.2) is 0 Å². The van der Waals surface area contributed by atoms with Crippen molar-refractivity contribution in [2.75, 3.05) is 7.05 Å². The van der Waals surface area contributed by atoms with E-state index in [1.54, 1.807) is 49.8 Å². The van der Waals surface area contributed by atoms with Crippen LogP contribution < -0.4 is 10.0 Å². The lowest BCUT2D eigenvalue weighted by molar-refractivity contribution is -0.117. The van der Waals surface area contributed by atoms with Crippen molar-refractivity contribution in [1.82, 2.24) is 20.0 Å². The van der Waals surface area contributed by atoms with Gasteiger partial charge in [-0.05, 0) is 36.9 Å². The summed E-state index contributed by atoms with van der Waals surface area (Å²) in [7, 11) is 0.232. The Morgan fingerprint density at radius 2 is 2.15 bits per heavy atom. The molecular formula is C19H17N5O2S. The van der Waals surface area contributed by atoms with E-state index in [4.69, 9.17) is 0 Å². The molecule has 27 heavy (non-hydrogen) atoms. The van der Waals surface area contributed by atoms with Crippen molar-refractivity contribution in [2.24, 2.45) is 0 Å². The molecular weight excluding hydrogens is 362 g/mol. The number of carbonyl (C=O) groups is 1. The van der Waals surface area contributed by atoms with E-state index >= 15 is 0 Å². The molecule has 0 spiro atoms. The van der Waals surface area contributed by atoms with Gasteiger partial charge in [0.05, 0.1) is 4.90 Å². The lowest BCUT2D eigenvalue weighted by Gasteiger charge is -2.09. The fourth-order valence-electron chi connectivity index (χ4n) is 2.61. The molecule has 7 nitrogen and oxygen atoms in total. The molecule has 1 aromatic carbocycles. The molecule has 2 aromatic heterocycles. The fourth-order valence-corrected chi connectivity index (χ4v) is 3.41. The van der Waals surface area contributed by atoms with Crippen molar-refractivity contribution in [3.63, 3.8) is 0 Å². The Bertz CT molecular complexity index is 1080. The maximum Gasteiger partial charge on any atom is 0.262 e. The molecule has 0 radical (unpaired) electrons. The van der Waals surface area contributed by atoms with Crippen LogP contribution in [0.25, 0.3) is 17.1 Å². The molecule has 136 valence electrons. The van der Waals surface area contributed by atoms with Crippen LogP contribution in [0.15, 0.2) is 59.3 Å². The molecule has 0 saturated carbocycles. The standard InChI is InChI=1S/C19H17N5O2S/c1-21-27(26)17-7-3-2-5-13(17)11-24-19(25)14(10-20)9-15-12-23-18-16(15)6-4-8-22-18/h2-9,12,21H,11H2,1H3,(H,22,23)(H,24,25)/b14-9+. The van der Waals surface area contributed by atoms with E-state index in [9.17, 15) is 14.3 Å². The Labute approximate surface area is 158 Å². The van der Waals surface area contributed by atoms with E-state index in [-0.39, 0.29) is 12.1 Å². The predicted molar refractivity (Wildman–Crippen MR) is 103 cm³/mol. The first-order chi connectivity index (χ1) is 13.1. The highest BCUT2D eigenvalue weighted by molar-refractivity contribution is 7.83. The maximum absolute atomic E-state index is 12.4. The Kier molecular flexibility index (Phi) is 5.76. The second kappa shape index (κ2) is 8.40. The monoisotopic (exact) mass is 379 g/mol.